The Labute approximate surface area is 236 Å². The van der Waals surface area contributed by atoms with Crippen LogP contribution in [0.1, 0.15) is 207 Å². The molecule has 0 radical (unpaired) electrons. The van der Waals surface area contributed by atoms with Gasteiger partial charge in [-0.05, 0) is 32.6 Å². The van der Waals surface area contributed by atoms with Crippen LogP contribution in [0.5, 0.6) is 0 Å². The van der Waals surface area contributed by atoms with Crippen LogP contribution in [0.15, 0.2) is 0 Å². The van der Waals surface area contributed by atoms with Gasteiger partial charge in [-0.3, -0.25) is 0 Å². The standard InChI is InChI=1S/C35H74NO/c1-4-7-9-11-13-15-17-19-21-23-25-27-29-31-33-35-36(37,6-3)34-32-30-28-26-24-22-20-18-16-14-12-10-8-5-2/h37H,4-35H2,1-3H3/q+1. The highest BCUT2D eigenvalue weighted by atomic mass is 16.5. The van der Waals surface area contributed by atoms with Gasteiger partial charge in [-0.15, -0.1) is 0 Å². The molecule has 0 spiro atoms. The van der Waals surface area contributed by atoms with Gasteiger partial charge < -0.3 is 0 Å². The predicted octanol–water partition coefficient (Wildman–Crippen LogP) is 12.6. The van der Waals surface area contributed by atoms with Crippen LogP contribution < -0.4 is 0 Å². The molecule has 2 nitrogen and oxygen atoms in total. The molecule has 0 aromatic carbocycles. The summed E-state index contributed by atoms with van der Waals surface area (Å²) in [4.78, 5) is 0. The molecule has 224 valence electrons. The summed E-state index contributed by atoms with van der Waals surface area (Å²) in [5.74, 6) is 0. The van der Waals surface area contributed by atoms with E-state index >= 15 is 0 Å². The topological polar surface area (TPSA) is 20.2 Å². The number of nitrogens with zero attached hydrogens (tertiary/aromatic N) is 1. The van der Waals surface area contributed by atoms with Crippen LogP contribution in [-0.2, 0) is 0 Å². The van der Waals surface area contributed by atoms with Crippen LogP contribution in [0.2, 0.25) is 0 Å². The van der Waals surface area contributed by atoms with Crippen molar-refractivity contribution in [2.24, 2.45) is 0 Å². The zero-order valence-corrected chi connectivity index (χ0v) is 26.5. The first-order valence-electron chi connectivity index (χ1n) is 17.8. The number of hydrogen-bond donors (Lipinski definition) is 1. The molecule has 1 atom stereocenters. The summed E-state index contributed by atoms with van der Waals surface area (Å²) >= 11 is 0. The first-order valence-corrected chi connectivity index (χ1v) is 17.8. The fourth-order valence-corrected chi connectivity index (χ4v) is 5.81. The molecule has 1 N–H and O–H groups in total. The van der Waals surface area contributed by atoms with Crippen molar-refractivity contribution in [3.63, 3.8) is 0 Å². The summed E-state index contributed by atoms with van der Waals surface area (Å²) in [7, 11) is 0. The minimum atomic E-state index is 0.316. The van der Waals surface area contributed by atoms with Gasteiger partial charge in [0.2, 0.25) is 0 Å². The van der Waals surface area contributed by atoms with E-state index in [1.165, 1.54) is 186 Å². The third-order valence-electron chi connectivity index (χ3n) is 8.69. The van der Waals surface area contributed by atoms with Gasteiger partial charge in [-0.25, -0.2) is 5.21 Å². The third kappa shape index (κ3) is 28.7. The summed E-state index contributed by atoms with van der Waals surface area (Å²) < 4.78 is 0.316. The molecule has 0 bridgehead atoms. The van der Waals surface area contributed by atoms with Crippen molar-refractivity contribution >= 4 is 0 Å². The van der Waals surface area contributed by atoms with Crippen LogP contribution in [-0.4, -0.2) is 29.5 Å². The molecule has 0 aromatic heterocycles. The SMILES string of the molecule is CCCCCCCCCCCCCCCCC[N+](O)(CC)CCCCCCCCCCCCCCCC. The van der Waals surface area contributed by atoms with E-state index in [9.17, 15) is 5.21 Å². The lowest BCUT2D eigenvalue weighted by Gasteiger charge is -2.29. The maximum Gasteiger partial charge on any atom is 0.109 e. The van der Waals surface area contributed by atoms with E-state index in [0.717, 1.165) is 19.6 Å². The van der Waals surface area contributed by atoms with E-state index in [0.29, 0.717) is 4.65 Å². The van der Waals surface area contributed by atoms with Gasteiger partial charge in [0.25, 0.3) is 0 Å². The average molecular weight is 525 g/mol. The first-order chi connectivity index (χ1) is 18.2. The minimum Gasteiger partial charge on any atom is -0.217 e. The van der Waals surface area contributed by atoms with Crippen molar-refractivity contribution in [2.45, 2.75) is 207 Å². The molecular formula is C35H74NO+. The van der Waals surface area contributed by atoms with E-state index < -0.39 is 0 Å². The second-order valence-corrected chi connectivity index (χ2v) is 12.4. The fraction of sp³-hybridized carbons (Fsp3) is 1.00. The number of rotatable bonds is 32. The van der Waals surface area contributed by atoms with Crippen LogP contribution in [0.4, 0.5) is 0 Å². The van der Waals surface area contributed by atoms with Crippen molar-refractivity contribution in [2.75, 3.05) is 19.6 Å². The minimum absolute atomic E-state index is 0.316. The Morgan fingerprint density at radius 1 is 0.297 bits per heavy atom. The van der Waals surface area contributed by atoms with Crippen molar-refractivity contribution in [3.05, 3.63) is 0 Å². The Morgan fingerprint density at radius 2 is 0.486 bits per heavy atom. The van der Waals surface area contributed by atoms with Gasteiger partial charge in [0, 0.05) is 0 Å². The molecule has 0 aliphatic rings. The molecule has 0 fully saturated rings. The highest BCUT2D eigenvalue weighted by Crippen LogP contribution is 2.16. The molecule has 0 aliphatic carbocycles. The van der Waals surface area contributed by atoms with Gasteiger partial charge in [0.05, 0.1) is 0 Å². The predicted molar refractivity (Wildman–Crippen MR) is 168 cm³/mol. The smallest absolute Gasteiger partial charge is 0.109 e. The molecule has 0 aromatic rings. The van der Waals surface area contributed by atoms with Gasteiger partial charge in [-0.1, -0.05) is 174 Å². The molecule has 0 heterocycles. The summed E-state index contributed by atoms with van der Waals surface area (Å²) in [6.07, 6.45) is 40.7. The number of hydrogen-bond acceptors (Lipinski definition) is 1. The maximum atomic E-state index is 11.0. The Kier molecular flexibility index (Phi) is 30.4. The second-order valence-electron chi connectivity index (χ2n) is 12.4. The van der Waals surface area contributed by atoms with Crippen LogP contribution in [0.25, 0.3) is 0 Å². The number of unbranched alkanes of at least 4 members (excludes halogenated alkanes) is 27. The van der Waals surface area contributed by atoms with Crippen molar-refractivity contribution in [1.29, 1.82) is 0 Å². The molecule has 0 saturated carbocycles. The Morgan fingerprint density at radius 3 is 0.676 bits per heavy atom. The van der Waals surface area contributed by atoms with Crippen LogP contribution >= 0.6 is 0 Å². The number of hydroxylamine groups is 3. The van der Waals surface area contributed by atoms with Crippen molar-refractivity contribution in [3.8, 4) is 0 Å². The van der Waals surface area contributed by atoms with E-state index in [1.54, 1.807) is 0 Å². The average Bonchev–Trinajstić information content (AvgIpc) is 2.91. The number of quaternary nitrogens is 1. The summed E-state index contributed by atoms with van der Waals surface area (Å²) in [6, 6.07) is 0. The third-order valence-corrected chi connectivity index (χ3v) is 8.69. The maximum absolute atomic E-state index is 11.0. The lowest BCUT2D eigenvalue weighted by molar-refractivity contribution is -1.10. The Hall–Kier alpha value is -0.0800. The zero-order valence-electron chi connectivity index (χ0n) is 26.5. The van der Waals surface area contributed by atoms with Crippen LogP contribution in [0, 0.1) is 0 Å². The van der Waals surface area contributed by atoms with Crippen molar-refractivity contribution in [1.82, 2.24) is 0 Å². The second kappa shape index (κ2) is 30.5. The molecule has 37 heavy (non-hydrogen) atoms. The lowest BCUT2D eigenvalue weighted by Crippen LogP contribution is -2.46. The van der Waals surface area contributed by atoms with Gasteiger partial charge in [0.15, 0.2) is 0 Å². The first kappa shape index (κ1) is 36.9. The largest absolute Gasteiger partial charge is 0.217 e. The molecule has 2 heteroatoms. The van der Waals surface area contributed by atoms with Gasteiger partial charge in [-0.2, -0.15) is 4.65 Å². The quantitative estimate of drug-likeness (QED) is 0.0527. The Balaban J connectivity index is 3.40. The summed E-state index contributed by atoms with van der Waals surface area (Å²) in [6.45, 7) is 9.56. The van der Waals surface area contributed by atoms with Gasteiger partial charge >= 0.3 is 0 Å². The molecule has 1 unspecified atom stereocenters. The van der Waals surface area contributed by atoms with Crippen LogP contribution in [0.3, 0.4) is 0 Å². The monoisotopic (exact) mass is 525 g/mol. The molecule has 0 amide bonds. The van der Waals surface area contributed by atoms with E-state index in [-0.39, 0.29) is 0 Å². The van der Waals surface area contributed by atoms with E-state index in [2.05, 4.69) is 20.8 Å². The summed E-state index contributed by atoms with van der Waals surface area (Å²) in [5.41, 5.74) is 0. The summed E-state index contributed by atoms with van der Waals surface area (Å²) in [5, 5.41) is 11.0. The Bertz CT molecular complexity index is 412. The zero-order chi connectivity index (χ0) is 27.1. The van der Waals surface area contributed by atoms with E-state index in [4.69, 9.17) is 0 Å². The fourth-order valence-electron chi connectivity index (χ4n) is 5.81. The molecule has 0 rings (SSSR count). The highest BCUT2D eigenvalue weighted by molar-refractivity contribution is 4.51. The van der Waals surface area contributed by atoms with Gasteiger partial charge in [0.1, 0.15) is 19.6 Å². The molecular weight excluding hydrogens is 450 g/mol. The molecule has 0 aliphatic heterocycles. The normalized spacial score (nSPS) is 13.3. The molecule has 0 saturated heterocycles. The van der Waals surface area contributed by atoms with E-state index in [1.807, 2.05) is 0 Å². The lowest BCUT2D eigenvalue weighted by atomic mass is 10.0. The highest BCUT2D eigenvalue weighted by Gasteiger charge is 2.21. The van der Waals surface area contributed by atoms with Crippen molar-refractivity contribution < 1.29 is 9.85 Å².